The summed E-state index contributed by atoms with van der Waals surface area (Å²) < 4.78 is 30.8. The summed E-state index contributed by atoms with van der Waals surface area (Å²) in [5.74, 6) is -0.254. The van der Waals surface area contributed by atoms with E-state index in [0.29, 0.717) is 5.56 Å². The van der Waals surface area contributed by atoms with Crippen LogP contribution < -0.4 is 0 Å². The zero-order valence-electron chi connectivity index (χ0n) is 9.78. The maximum atomic E-state index is 11.7. The molecule has 17 heavy (non-hydrogen) atoms. The van der Waals surface area contributed by atoms with Crippen molar-refractivity contribution in [1.82, 2.24) is 9.88 Å². The lowest BCUT2D eigenvalue weighted by atomic mass is 10.2. The average molecular weight is 258 g/mol. The Kier molecular flexibility index (Phi) is 3.84. The van der Waals surface area contributed by atoms with E-state index in [1.54, 1.807) is 14.1 Å². The summed E-state index contributed by atoms with van der Waals surface area (Å²) in [4.78, 5) is 16.9. The number of hydrogen-bond acceptors (Lipinski definition) is 4. The summed E-state index contributed by atoms with van der Waals surface area (Å²) in [5.41, 5.74) is 0.468. The molecule has 0 aliphatic carbocycles. The van der Waals surface area contributed by atoms with Crippen LogP contribution >= 0.6 is 0 Å². The largest absolute Gasteiger partial charge is 0.345 e. The third-order valence-corrected chi connectivity index (χ3v) is 3.43. The molecule has 7 heteroatoms. The van der Waals surface area contributed by atoms with Crippen molar-refractivity contribution < 1.29 is 17.8 Å². The van der Waals surface area contributed by atoms with Gasteiger partial charge in [-0.3, -0.25) is 14.3 Å². The summed E-state index contributed by atoms with van der Waals surface area (Å²) in [6, 6.07) is 2.85. The third-order valence-electron chi connectivity index (χ3n) is 2.30. The molecule has 0 saturated carbocycles. The van der Waals surface area contributed by atoms with Gasteiger partial charge in [0, 0.05) is 25.9 Å². The number of pyridine rings is 1. The Hall–Kier alpha value is -1.47. The van der Waals surface area contributed by atoms with Crippen molar-refractivity contribution in [3.63, 3.8) is 0 Å². The van der Waals surface area contributed by atoms with Gasteiger partial charge >= 0.3 is 0 Å². The molecule has 0 aliphatic heterocycles. The SMILES string of the molecule is CC(c1cc(C(=O)N(C)C)ccn1)S(=O)(=O)O. The maximum Gasteiger partial charge on any atom is 0.273 e. The number of hydrogen-bond donors (Lipinski definition) is 1. The van der Waals surface area contributed by atoms with Crippen molar-refractivity contribution in [2.45, 2.75) is 12.2 Å². The van der Waals surface area contributed by atoms with E-state index in [2.05, 4.69) is 4.98 Å². The second-order valence-electron chi connectivity index (χ2n) is 3.83. The van der Waals surface area contributed by atoms with Crippen LogP contribution in [0.3, 0.4) is 0 Å². The number of rotatable bonds is 3. The van der Waals surface area contributed by atoms with Crippen LogP contribution in [-0.4, -0.2) is 42.9 Å². The second-order valence-corrected chi connectivity index (χ2v) is 5.56. The molecule has 1 aromatic rings. The van der Waals surface area contributed by atoms with Crippen LogP contribution in [0, 0.1) is 0 Å². The van der Waals surface area contributed by atoms with Crippen molar-refractivity contribution in [3.05, 3.63) is 29.6 Å². The van der Waals surface area contributed by atoms with Gasteiger partial charge in [-0.1, -0.05) is 0 Å². The van der Waals surface area contributed by atoms with Gasteiger partial charge in [-0.25, -0.2) is 0 Å². The Morgan fingerprint density at radius 2 is 2.06 bits per heavy atom. The number of carbonyl (C=O) groups is 1. The molecule has 1 N–H and O–H groups in total. The standard InChI is InChI=1S/C10H14N2O4S/c1-7(17(14,15)16)9-6-8(4-5-11-9)10(13)12(2)3/h4-7H,1-3H3,(H,14,15,16). The molecular formula is C10H14N2O4S. The van der Waals surface area contributed by atoms with Crippen molar-refractivity contribution in [2.75, 3.05) is 14.1 Å². The van der Waals surface area contributed by atoms with Gasteiger partial charge in [0.15, 0.2) is 0 Å². The molecule has 0 fully saturated rings. The minimum Gasteiger partial charge on any atom is -0.345 e. The predicted molar refractivity (Wildman–Crippen MR) is 62.2 cm³/mol. The number of aromatic nitrogens is 1. The van der Waals surface area contributed by atoms with E-state index in [9.17, 15) is 13.2 Å². The highest BCUT2D eigenvalue weighted by Crippen LogP contribution is 2.19. The van der Waals surface area contributed by atoms with Crippen molar-refractivity contribution in [3.8, 4) is 0 Å². The van der Waals surface area contributed by atoms with E-state index in [0.717, 1.165) is 0 Å². The normalized spacial score (nSPS) is 13.2. The highest BCUT2D eigenvalue weighted by molar-refractivity contribution is 7.86. The molecule has 1 rings (SSSR count). The Labute approximate surface area is 100 Å². The Morgan fingerprint density at radius 1 is 1.47 bits per heavy atom. The molecule has 6 nitrogen and oxygen atoms in total. The smallest absolute Gasteiger partial charge is 0.273 e. The first-order valence-electron chi connectivity index (χ1n) is 4.87. The summed E-state index contributed by atoms with van der Waals surface area (Å²) in [6.07, 6.45) is 1.34. The highest BCUT2D eigenvalue weighted by Gasteiger charge is 2.22. The molecule has 0 spiro atoms. The molecule has 0 saturated heterocycles. The molecule has 1 amide bonds. The predicted octanol–water partition coefficient (Wildman–Crippen LogP) is 0.732. The Morgan fingerprint density at radius 3 is 2.53 bits per heavy atom. The maximum absolute atomic E-state index is 11.7. The van der Waals surface area contributed by atoms with E-state index in [4.69, 9.17) is 4.55 Å². The van der Waals surface area contributed by atoms with Crippen LogP contribution in [0.4, 0.5) is 0 Å². The van der Waals surface area contributed by atoms with E-state index < -0.39 is 15.4 Å². The van der Waals surface area contributed by atoms with E-state index >= 15 is 0 Å². The van der Waals surface area contributed by atoms with Crippen molar-refractivity contribution in [2.24, 2.45) is 0 Å². The molecule has 1 unspecified atom stereocenters. The van der Waals surface area contributed by atoms with Crippen LogP contribution in [-0.2, 0) is 10.1 Å². The molecule has 0 radical (unpaired) electrons. The molecule has 0 bridgehead atoms. The fourth-order valence-electron chi connectivity index (χ4n) is 1.21. The number of carbonyl (C=O) groups excluding carboxylic acids is 1. The topological polar surface area (TPSA) is 87.6 Å². The first-order valence-corrected chi connectivity index (χ1v) is 6.37. The van der Waals surface area contributed by atoms with Gasteiger partial charge in [0.05, 0.1) is 5.69 Å². The highest BCUT2D eigenvalue weighted by atomic mass is 32.2. The summed E-state index contributed by atoms with van der Waals surface area (Å²) in [7, 11) is -1.02. The number of nitrogens with zero attached hydrogens (tertiary/aromatic N) is 2. The van der Waals surface area contributed by atoms with Crippen LogP contribution in [0.25, 0.3) is 0 Å². The van der Waals surface area contributed by atoms with Gasteiger partial charge in [-0.2, -0.15) is 8.42 Å². The summed E-state index contributed by atoms with van der Waals surface area (Å²) >= 11 is 0. The van der Waals surface area contributed by atoms with Crippen LogP contribution in [0.15, 0.2) is 18.3 Å². The van der Waals surface area contributed by atoms with Crippen molar-refractivity contribution >= 4 is 16.0 Å². The lowest BCUT2D eigenvalue weighted by molar-refractivity contribution is 0.0827. The molecule has 1 heterocycles. The Balaban J connectivity index is 3.14. The fraction of sp³-hybridized carbons (Fsp3) is 0.400. The lowest BCUT2D eigenvalue weighted by Crippen LogP contribution is -2.22. The first kappa shape index (κ1) is 13.6. The molecule has 0 aliphatic rings. The van der Waals surface area contributed by atoms with Gasteiger partial charge in [0.1, 0.15) is 5.25 Å². The second kappa shape index (κ2) is 4.80. The summed E-state index contributed by atoms with van der Waals surface area (Å²) in [6.45, 7) is 1.31. The quantitative estimate of drug-likeness (QED) is 0.808. The molecule has 1 atom stereocenters. The van der Waals surface area contributed by atoms with Gasteiger partial charge < -0.3 is 4.90 Å². The van der Waals surface area contributed by atoms with Crippen molar-refractivity contribution in [1.29, 1.82) is 0 Å². The molecule has 0 aromatic carbocycles. The fourth-order valence-corrected chi connectivity index (χ4v) is 1.65. The molecule has 94 valence electrons. The van der Waals surface area contributed by atoms with Crippen LogP contribution in [0.1, 0.15) is 28.2 Å². The zero-order valence-corrected chi connectivity index (χ0v) is 10.6. The van der Waals surface area contributed by atoms with E-state index in [1.165, 1.54) is 30.2 Å². The van der Waals surface area contributed by atoms with Crippen LogP contribution in [0.5, 0.6) is 0 Å². The third kappa shape index (κ3) is 3.24. The van der Waals surface area contributed by atoms with Gasteiger partial charge in [0.25, 0.3) is 16.0 Å². The van der Waals surface area contributed by atoms with E-state index in [1.807, 2.05) is 0 Å². The van der Waals surface area contributed by atoms with E-state index in [-0.39, 0.29) is 11.6 Å². The Bertz CT molecular complexity index is 525. The number of amides is 1. The minimum atomic E-state index is -4.21. The molecular weight excluding hydrogens is 244 g/mol. The minimum absolute atomic E-state index is 0.139. The van der Waals surface area contributed by atoms with Gasteiger partial charge in [-0.05, 0) is 19.1 Å². The lowest BCUT2D eigenvalue weighted by Gasteiger charge is -2.12. The summed E-state index contributed by atoms with van der Waals surface area (Å²) in [5, 5.41) is -1.16. The van der Waals surface area contributed by atoms with Gasteiger partial charge in [0.2, 0.25) is 0 Å². The monoisotopic (exact) mass is 258 g/mol. The van der Waals surface area contributed by atoms with Gasteiger partial charge in [-0.15, -0.1) is 0 Å². The van der Waals surface area contributed by atoms with Crippen LogP contribution in [0.2, 0.25) is 0 Å². The first-order chi connectivity index (χ1) is 7.73. The average Bonchev–Trinajstić information content (AvgIpc) is 2.25. The molecule has 1 aromatic heterocycles. The zero-order chi connectivity index (χ0) is 13.2.